The van der Waals surface area contributed by atoms with E-state index in [0.717, 1.165) is 0 Å². The molecular weight excluding hydrogens is 332 g/mol. The summed E-state index contributed by atoms with van der Waals surface area (Å²) in [6.07, 6.45) is 0. The van der Waals surface area contributed by atoms with Gasteiger partial charge < -0.3 is 4.74 Å². The SMILES string of the molecule is CCOc1ccc(Br)cc1S(=O)(=O)[N+]1=C(C)NCC1. The van der Waals surface area contributed by atoms with E-state index in [9.17, 15) is 8.42 Å². The number of nitrogens with one attached hydrogen (secondary N) is 1. The number of halogens is 1. The Morgan fingerprint density at radius 2 is 2.21 bits per heavy atom. The molecule has 0 saturated carbocycles. The number of sulfonamides is 1. The zero-order valence-electron chi connectivity index (χ0n) is 10.8. The molecule has 0 bridgehead atoms. The van der Waals surface area contributed by atoms with Crippen LogP contribution in [0.3, 0.4) is 0 Å². The zero-order chi connectivity index (χ0) is 14.0. The van der Waals surface area contributed by atoms with Crippen LogP contribution in [0.2, 0.25) is 0 Å². The Bertz CT molecular complexity index is 626. The number of hydrogen-bond acceptors (Lipinski definition) is 4. The van der Waals surface area contributed by atoms with Crippen LogP contribution in [0.5, 0.6) is 5.75 Å². The number of amidine groups is 1. The summed E-state index contributed by atoms with van der Waals surface area (Å²) in [5, 5.41) is 3.02. The van der Waals surface area contributed by atoms with Crippen LogP contribution in [-0.4, -0.2) is 37.9 Å². The Morgan fingerprint density at radius 1 is 1.47 bits per heavy atom. The molecule has 1 N–H and O–H groups in total. The minimum Gasteiger partial charge on any atom is -0.492 e. The highest BCUT2D eigenvalue weighted by Crippen LogP contribution is 2.29. The summed E-state index contributed by atoms with van der Waals surface area (Å²) < 4.78 is 32.8. The molecule has 19 heavy (non-hydrogen) atoms. The van der Waals surface area contributed by atoms with Crippen molar-refractivity contribution in [1.29, 1.82) is 0 Å². The number of ether oxygens (including phenoxy) is 1. The summed E-state index contributed by atoms with van der Waals surface area (Å²) >= 11 is 3.30. The fourth-order valence-electron chi connectivity index (χ4n) is 1.97. The van der Waals surface area contributed by atoms with Gasteiger partial charge in [0.1, 0.15) is 18.8 Å². The second-order valence-corrected chi connectivity index (χ2v) is 6.86. The van der Waals surface area contributed by atoms with E-state index in [4.69, 9.17) is 4.74 Å². The van der Waals surface area contributed by atoms with Gasteiger partial charge in [0, 0.05) is 11.4 Å². The van der Waals surface area contributed by atoms with Crippen LogP contribution < -0.4 is 10.1 Å². The van der Waals surface area contributed by atoms with Gasteiger partial charge in [0.15, 0.2) is 4.90 Å². The third kappa shape index (κ3) is 2.76. The van der Waals surface area contributed by atoms with Crippen LogP contribution in [-0.2, 0) is 10.0 Å². The van der Waals surface area contributed by atoms with E-state index in [1.165, 1.54) is 3.98 Å². The Morgan fingerprint density at radius 3 is 2.79 bits per heavy atom. The zero-order valence-corrected chi connectivity index (χ0v) is 13.2. The second kappa shape index (κ2) is 5.50. The molecule has 0 fully saturated rings. The molecule has 1 aliphatic heterocycles. The first-order valence-electron chi connectivity index (χ1n) is 5.99. The summed E-state index contributed by atoms with van der Waals surface area (Å²) in [6, 6.07) is 5.01. The van der Waals surface area contributed by atoms with Crippen LogP contribution >= 0.6 is 15.9 Å². The molecule has 0 spiro atoms. The monoisotopic (exact) mass is 347 g/mol. The summed E-state index contributed by atoms with van der Waals surface area (Å²) in [6.45, 7) is 5.07. The van der Waals surface area contributed by atoms with Gasteiger partial charge in [-0.3, -0.25) is 5.32 Å². The van der Waals surface area contributed by atoms with Crippen molar-refractivity contribution >= 4 is 31.8 Å². The molecule has 1 heterocycles. The standard InChI is InChI=1S/C12H15BrN2O3S/c1-3-18-11-5-4-10(13)8-12(11)19(16,17)15-7-6-14-9(15)2/h4-5,8H,3,6-7H2,1-2H3/p+1. The minimum atomic E-state index is -3.58. The maximum absolute atomic E-state index is 12.7. The van der Waals surface area contributed by atoms with E-state index in [-0.39, 0.29) is 4.90 Å². The van der Waals surface area contributed by atoms with Crippen LogP contribution in [0.1, 0.15) is 13.8 Å². The van der Waals surface area contributed by atoms with Crippen molar-refractivity contribution < 1.29 is 17.1 Å². The Hall–Kier alpha value is -1.08. The van der Waals surface area contributed by atoms with Crippen LogP contribution in [0.4, 0.5) is 0 Å². The molecular formula is C12H16BrN2O3S+. The summed E-state index contributed by atoms with van der Waals surface area (Å²) in [5.41, 5.74) is 0. The number of rotatable bonds is 4. The van der Waals surface area contributed by atoms with E-state index in [0.29, 0.717) is 35.8 Å². The predicted octanol–water partition coefficient (Wildman–Crippen LogP) is 1.57. The van der Waals surface area contributed by atoms with Gasteiger partial charge in [-0.1, -0.05) is 15.9 Å². The lowest BCUT2D eigenvalue weighted by molar-refractivity contribution is -0.353. The Balaban J connectivity index is 2.57. The maximum Gasteiger partial charge on any atom is 0.334 e. The van der Waals surface area contributed by atoms with Crippen LogP contribution in [0.15, 0.2) is 27.6 Å². The molecule has 2 rings (SSSR count). The first-order chi connectivity index (χ1) is 8.96. The molecule has 104 valence electrons. The maximum atomic E-state index is 12.7. The van der Waals surface area contributed by atoms with Gasteiger partial charge in [-0.05, 0) is 25.1 Å². The molecule has 0 amide bonds. The molecule has 0 aromatic heterocycles. The molecule has 7 heteroatoms. The molecule has 0 atom stereocenters. The molecule has 0 aliphatic carbocycles. The lowest BCUT2D eigenvalue weighted by Gasteiger charge is -2.11. The normalized spacial score (nSPS) is 15.5. The number of nitrogens with zero attached hydrogens (tertiary/aromatic N) is 1. The third-order valence-electron chi connectivity index (χ3n) is 2.84. The lowest BCUT2D eigenvalue weighted by atomic mass is 10.3. The minimum absolute atomic E-state index is 0.187. The molecule has 1 aromatic rings. The molecule has 0 saturated heterocycles. The third-order valence-corrected chi connectivity index (χ3v) is 5.25. The van der Waals surface area contributed by atoms with Gasteiger partial charge in [0.25, 0.3) is 5.84 Å². The fraction of sp³-hybridized carbons (Fsp3) is 0.417. The van der Waals surface area contributed by atoms with Crippen LogP contribution in [0, 0.1) is 0 Å². The Labute approximate surface area is 121 Å². The first kappa shape index (κ1) is 14.3. The van der Waals surface area contributed by atoms with Crippen molar-refractivity contribution in [2.24, 2.45) is 0 Å². The first-order valence-corrected chi connectivity index (χ1v) is 8.22. The summed E-state index contributed by atoms with van der Waals surface area (Å²) in [5.74, 6) is 1.02. The highest BCUT2D eigenvalue weighted by atomic mass is 79.9. The van der Waals surface area contributed by atoms with Gasteiger partial charge >= 0.3 is 10.0 Å². The van der Waals surface area contributed by atoms with Crippen molar-refractivity contribution in [3.8, 4) is 5.75 Å². The molecule has 0 radical (unpaired) electrons. The molecule has 0 unspecified atom stereocenters. The van der Waals surface area contributed by atoms with Gasteiger partial charge in [-0.25, -0.2) is 0 Å². The van der Waals surface area contributed by atoms with Gasteiger partial charge in [0.05, 0.1) is 6.61 Å². The van der Waals surface area contributed by atoms with Crippen LogP contribution in [0.25, 0.3) is 0 Å². The van der Waals surface area contributed by atoms with E-state index < -0.39 is 10.0 Å². The molecule has 1 aromatic carbocycles. The average molecular weight is 348 g/mol. The Kier molecular flexibility index (Phi) is 4.15. The van der Waals surface area contributed by atoms with Crippen molar-refractivity contribution in [2.45, 2.75) is 18.7 Å². The second-order valence-electron chi connectivity index (χ2n) is 4.11. The van der Waals surface area contributed by atoms with E-state index in [2.05, 4.69) is 21.2 Å². The predicted molar refractivity (Wildman–Crippen MR) is 76.3 cm³/mol. The molecule has 5 nitrogen and oxygen atoms in total. The highest BCUT2D eigenvalue weighted by Gasteiger charge is 2.33. The van der Waals surface area contributed by atoms with E-state index in [1.807, 2.05) is 6.92 Å². The number of hydrogen-bond donors (Lipinski definition) is 1. The summed E-state index contributed by atoms with van der Waals surface area (Å²) in [7, 11) is -3.58. The topological polar surface area (TPSA) is 58.4 Å². The quantitative estimate of drug-likeness (QED) is 0.840. The van der Waals surface area contributed by atoms with Crippen molar-refractivity contribution in [3.05, 3.63) is 22.7 Å². The molecule has 1 aliphatic rings. The van der Waals surface area contributed by atoms with Crippen molar-refractivity contribution in [3.63, 3.8) is 0 Å². The van der Waals surface area contributed by atoms with Gasteiger partial charge in [-0.15, -0.1) is 3.98 Å². The van der Waals surface area contributed by atoms with E-state index >= 15 is 0 Å². The fourth-order valence-corrected chi connectivity index (χ4v) is 4.14. The number of benzene rings is 1. The van der Waals surface area contributed by atoms with Crippen molar-refractivity contribution in [2.75, 3.05) is 19.7 Å². The highest BCUT2D eigenvalue weighted by molar-refractivity contribution is 9.10. The van der Waals surface area contributed by atoms with Gasteiger partial charge in [-0.2, -0.15) is 8.42 Å². The van der Waals surface area contributed by atoms with E-state index in [1.54, 1.807) is 25.1 Å². The lowest BCUT2D eigenvalue weighted by Crippen LogP contribution is -2.25. The van der Waals surface area contributed by atoms with Crippen molar-refractivity contribution in [1.82, 2.24) is 5.32 Å². The summed E-state index contributed by atoms with van der Waals surface area (Å²) in [4.78, 5) is 0.187. The average Bonchev–Trinajstić information content (AvgIpc) is 2.78. The largest absolute Gasteiger partial charge is 0.492 e. The van der Waals surface area contributed by atoms with Gasteiger partial charge in [0.2, 0.25) is 0 Å². The smallest absolute Gasteiger partial charge is 0.334 e.